The minimum Gasteiger partial charge on any atom is -0.480 e. The van der Waals surface area contributed by atoms with E-state index >= 15 is 0 Å². The van der Waals surface area contributed by atoms with Crippen LogP contribution in [0.2, 0.25) is 0 Å². The summed E-state index contributed by atoms with van der Waals surface area (Å²) < 4.78 is 0. The largest absolute Gasteiger partial charge is 0.480 e. The van der Waals surface area contributed by atoms with Gasteiger partial charge in [-0.05, 0) is 91.9 Å². The molecule has 0 bridgehead atoms. The lowest BCUT2D eigenvalue weighted by atomic mass is 9.47. The van der Waals surface area contributed by atoms with Gasteiger partial charge in [-0.15, -0.1) is 0 Å². The number of hydrogen-bond acceptors (Lipinski definition) is 5. The summed E-state index contributed by atoms with van der Waals surface area (Å²) in [5.41, 5.74) is 2.60. The number of carboxylic acids is 1. The molecule has 7 heteroatoms. The Morgan fingerprint density at radius 1 is 1.18 bits per heavy atom. The van der Waals surface area contributed by atoms with Crippen molar-refractivity contribution in [3.63, 3.8) is 0 Å². The SMILES string of the molecule is CC[C@@H](C)[C@H](NC(=O)CO/N=C1\C=C2CC[C@H]3[C@H]4CC[C@H](O)[C@@]4(C)CC[C@H]3[C@@]2(C)CC1)C(=O)O. The number of aliphatic carboxylic acids is 1. The summed E-state index contributed by atoms with van der Waals surface area (Å²) in [4.78, 5) is 28.9. The Hall–Kier alpha value is -1.89. The highest BCUT2D eigenvalue weighted by molar-refractivity contribution is 5.96. The molecule has 34 heavy (non-hydrogen) atoms. The van der Waals surface area contributed by atoms with Crippen molar-refractivity contribution in [3.05, 3.63) is 11.6 Å². The number of carboxylic acid groups (broad SMARTS) is 1. The highest BCUT2D eigenvalue weighted by Gasteiger charge is 2.58. The number of nitrogens with zero attached hydrogens (tertiary/aromatic N) is 1. The maximum absolute atomic E-state index is 12.2. The van der Waals surface area contributed by atoms with Gasteiger partial charge in [-0.3, -0.25) is 4.79 Å². The minimum absolute atomic E-state index is 0.100. The normalized spacial score (nSPS) is 39.8. The van der Waals surface area contributed by atoms with E-state index in [0.29, 0.717) is 24.2 Å². The number of nitrogens with one attached hydrogen (secondary N) is 1. The van der Waals surface area contributed by atoms with Crippen LogP contribution in [0.25, 0.3) is 0 Å². The van der Waals surface area contributed by atoms with Crippen molar-refractivity contribution in [2.45, 2.75) is 97.6 Å². The van der Waals surface area contributed by atoms with Gasteiger partial charge < -0.3 is 20.4 Å². The number of oxime groups is 1. The summed E-state index contributed by atoms with van der Waals surface area (Å²) in [6.07, 6.45) is 11.2. The van der Waals surface area contributed by atoms with Gasteiger partial charge in [0.05, 0.1) is 11.8 Å². The van der Waals surface area contributed by atoms with Crippen LogP contribution in [0.4, 0.5) is 0 Å². The number of amides is 1. The Kier molecular flexibility index (Phi) is 7.14. The smallest absolute Gasteiger partial charge is 0.326 e. The number of fused-ring (bicyclic) bond motifs is 5. The summed E-state index contributed by atoms with van der Waals surface area (Å²) in [6.45, 7) is 8.17. The number of rotatable bonds is 7. The van der Waals surface area contributed by atoms with E-state index in [0.717, 1.165) is 44.2 Å². The third kappa shape index (κ3) is 4.40. The first-order valence-corrected chi connectivity index (χ1v) is 13.2. The number of aliphatic hydroxyl groups excluding tert-OH is 1. The molecule has 7 nitrogen and oxygen atoms in total. The fourth-order valence-electron chi connectivity index (χ4n) is 7.69. The Labute approximate surface area is 203 Å². The Morgan fingerprint density at radius 3 is 2.65 bits per heavy atom. The molecular formula is C27H42N2O5. The summed E-state index contributed by atoms with van der Waals surface area (Å²) in [6, 6.07) is -0.917. The Bertz CT molecular complexity index is 869. The molecule has 0 radical (unpaired) electrons. The summed E-state index contributed by atoms with van der Waals surface area (Å²) in [5, 5.41) is 26.8. The van der Waals surface area contributed by atoms with E-state index in [1.807, 2.05) is 13.8 Å². The highest BCUT2D eigenvalue weighted by Crippen LogP contribution is 2.65. The fraction of sp³-hybridized carbons (Fsp3) is 0.815. The van der Waals surface area contributed by atoms with E-state index in [2.05, 4.69) is 30.4 Å². The molecule has 3 fully saturated rings. The molecule has 0 heterocycles. The van der Waals surface area contributed by atoms with Crippen LogP contribution in [0.1, 0.15) is 85.5 Å². The predicted molar refractivity (Wildman–Crippen MR) is 130 cm³/mol. The van der Waals surface area contributed by atoms with Crippen LogP contribution in [0, 0.1) is 34.5 Å². The molecule has 0 aromatic carbocycles. The summed E-state index contributed by atoms with van der Waals surface area (Å²) >= 11 is 0. The summed E-state index contributed by atoms with van der Waals surface area (Å²) in [7, 11) is 0. The van der Waals surface area contributed by atoms with E-state index in [-0.39, 0.29) is 29.5 Å². The van der Waals surface area contributed by atoms with Gasteiger partial charge in [0.15, 0.2) is 6.61 Å². The first-order valence-electron chi connectivity index (χ1n) is 13.2. The lowest BCUT2D eigenvalue weighted by molar-refractivity contribution is -0.144. The first kappa shape index (κ1) is 25.2. The average molecular weight is 475 g/mol. The molecule has 4 aliphatic rings. The van der Waals surface area contributed by atoms with Gasteiger partial charge in [0, 0.05) is 0 Å². The van der Waals surface area contributed by atoms with Crippen molar-refractivity contribution in [1.29, 1.82) is 0 Å². The molecule has 0 aromatic rings. The van der Waals surface area contributed by atoms with Gasteiger partial charge in [-0.2, -0.15) is 0 Å². The van der Waals surface area contributed by atoms with E-state index in [4.69, 9.17) is 4.84 Å². The van der Waals surface area contributed by atoms with Crippen LogP contribution in [-0.4, -0.2) is 46.6 Å². The van der Waals surface area contributed by atoms with Crippen LogP contribution in [-0.2, 0) is 14.4 Å². The van der Waals surface area contributed by atoms with Crippen LogP contribution in [0.15, 0.2) is 16.8 Å². The van der Waals surface area contributed by atoms with Gasteiger partial charge in [0.1, 0.15) is 6.04 Å². The maximum Gasteiger partial charge on any atom is 0.326 e. The third-order valence-corrected chi connectivity index (χ3v) is 10.1. The van der Waals surface area contributed by atoms with E-state index in [1.165, 1.54) is 18.4 Å². The maximum atomic E-state index is 12.2. The lowest BCUT2D eigenvalue weighted by Crippen LogP contribution is -2.51. The van der Waals surface area contributed by atoms with E-state index < -0.39 is 17.9 Å². The number of hydrogen-bond donors (Lipinski definition) is 3. The average Bonchev–Trinajstić information content (AvgIpc) is 3.11. The second-order valence-electron chi connectivity index (χ2n) is 11.8. The molecule has 3 saturated carbocycles. The van der Waals surface area contributed by atoms with E-state index in [1.54, 1.807) is 0 Å². The monoisotopic (exact) mass is 474 g/mol. The molecular weight excluding hydrogens is 432 g/mol. The van der Waals surface area contributed by atoms with Crippen molar-refractivity contribution >= 4 is 17.6 Å². The van der Waals surface area contributed by atoms with Crippen molar-refractivity contribution in [1.82, 2.24) is 5.32 Å². The quantitative estimate of drug-likeness (QED) is 0.477. The molecule has 0 spiro atoms. The van der Waals surface area contributed by atoms with Gasteiger partial charge in [-0.1, -0.05) is 44.8 Å². The Morgan fingerprint density at radius 2 is 1.94 bits per heavy atom. The third-order valence-electron chi connectivity index (χ3n) is 10.1. The first-order chi connectivity index (χ1) is 16.1. The molecule has 8 atom stereocenters. The molecule has 0 unspecified atom stereocenters. The van der Waals surface area contributed by atoms with Gasteiger partial charge in [0.25, 0.3) is 5.91 Å². The van der Waals surface area contributed by atoms with E-state index in [9.17, 15) is 19.8 Å². The molecule has 1 amide bonds. The molecule has 0 aliphatic heterocycles. The number of carbonyl (C=O) groups excluding carboxylic acids is 1. The van der Waals surface area contributed by atoms with Crippen LogP contribution in [0.3, 0.4) is 0 Å². The topological polar surface area (TPSA) is 108 Å². The second kappa shape index (κ2) is 9.63. The predicted octanol–water partition coefficient (Wildman–Crippen LogP) is 4.30. The molecule has 0 aromatic heterocycles. The van der Waals surface area contributed by atoms with Gasteiger partial charge >= 0.3 is 5.97 Å². The number of allylic oxidation sites excluding steroid dienone is 2. The van der Waals surface area contributed by atoms with Gasteiger partial charge in [0.2, 0.25) is 0 Å². The molecule has 4 aliphatic carbocycles. The zero-order valence-electron chi connectivity index (χ0n) is 21.2. The molecule has 190 valence electrons. The highest BCUT2D eigenvalue weighted by atomic mass is 16.6. The molecule has 4 rings (SSSR count). The van der Waals surface area contributed by atoms with Crippen molar-refractivity contribution in [2.24, 2.45) is 39.7 Å². The van der Waals surface area contributed by atoms with Crippen molar-refractivity contribution in [3.8, 4) is 0 Å². The molecule has 3 N–H and O–H groups in total. The minimum atomic E-state index is -1.03. The van der Waals surface area contributed by atoms with Crippen LogP contribution >= 0.6 is 0 Å². The van der Waals surface area contributed by atoms with Crippen LogP contribution in [0.5, 0.6) is 0 Å². The lowest BCUT2D eigenvalue weighted by Gasteiger charge is -2.57. The van der Waals surface area contributed by atoms with Crippen molar-refractivity contribution in [2.75, 3.05) is 6.61 Å². The van der Waals surface area contributed by atoms with Gasteiger partial charge in [-0.25, -0.2) is 4.79 Å². The molecule has 0 saturated heterocycles. The fourth-order valence-corrected chi connectivity index (χ4v) is 7.69. The number of aliphatic hydroxyl groups is 1. The van der Waals surface area contributed by atoms with Crippen LogP contribution < -0.4 is 5.32 Å². The van der Waals surface area contributed by atoms with Crippen molar-refractivity contribution < 1.29 is 24.6 Å². The Balaban J connectivity index is 1.38. The number of carbonyl (C=O) groups is 2. The summed E-state index contributed by atoms with van der Waals surface area (Å²) in [5.74, 6) is 0.350. The zero-order chi connectivity index (χ0) is 24.7. The second-order valence-corrected chi connectivity index (χ2v) is 11.8. The zero-order valence-corrected chi connectivity index (χ0v) is 21.2. The standard InChI is InChI=1S/C27H42N2O5/c1-5-16(2)24(25(32)33)28-23(31)15-34-29-18-10-12-26(3)17(14-18)6-7-19-20-8-9-22(30)27(20,4)13-11-21(19)26/h14,16,19-22,24,30H,5-13,15H2,1-4H3,(H,28,31)(H,32,33)/b29-18-/t16-,19+,20-,21-,22+,24+,26+,27+/m1/s1.